The number of hydrogen-bond acceptors (Lipinski definition) is 3. The first-order valence-corrected chi connectivity index (χ1v) is 9.87. The van der Waals surface area contributed by atoms with E-state index in [9.17, 15) is 9.59 Å². The van der Waals surface area contributed by atoms with Crippen LogP contribution in [0.15, 0.2) is 51.4 Å². The fraction of sp³-hybridized carbons (Fsp3) is 0.263. The normalized spacial score (nSPS) is 15.5. The summed E-state index contributed by atoms with van der Waals surface area (Å²) in [7, 11) is 0. The third-order valence-corrected chi connectivity index (χ3v) is 5.11. The minimum Gasteiger partial charge on any atom is -0.493 e. The summed E-state index contributed by atoms with van der Waals surface area (Å²) in [5.41, 5.74) is 1.54. The van der Waals surface area contributed by atoms with E-state index in [-0.39, 0.29) is 30.8 Å². The van der Waals surface area contributed by atoms with E-state index in [1.54, 1.807) is 12.1 Å². The van der Waals surface area contributed by atoms with E-state index >= 15 is 0 Å². The molecule has 2 aromatic rings. The summed E-state index contributed by atoms with van der Waals surface area (Å²) in [6.45, 7) is 0.856. The van der Waals surface area contributed by atoms with Gasteiger partial charge in [-0.1, -0.05) is 31.9 Å². The molecule has 0 spiro atoms. The second-order valence-corrected chi connectivity index (χ2v) is 7.78. The Kier molecular flexibility index (Phi) is 6.32. The Morgan fingerprint density at radius 1 is 1.08 bits per heavy atom. The van der Waals surface area contributed by atoms with E-state index in [1.807, 2.05) is 30.3 Å². The number of carbonyl (C=O) groups excluding carboxylic acids is 2. The molecule has 0 aliphatic carbocycles. The predicted molar refractivity (Wildman–Crippen MR) is 106 cm³/mol. The highest BCUT2D eigenvalue weighted by molar-refractivity contribution is 9.10. The summed E-state index contributed by atoms with van der Waals surface area (Å²) in [6.07, 6.45) is 0.948. The zero-order valence-corrected chi connectivity index (χ0v) is 17.1. The second kappa shape index (κ2) is 8.68. The SMILES string of the molecule is O=C(CCNC(=O)c1ccc(Br)cc1)NC1CCOc2ccc(Br)cc21. The minimum absolute atomic E-state index is 0.0778. The molecule has 1 heterocycles. The highest BCUT2D eigenvalue weighted by atomic mass is 79.9. The zero-order valence-electron chi connectivity index (χ0n) is 13.9. The van der Waals surface area contributed by atoms with Gasteiger partial charge in [-0.05, 0) is 42.5 Å². The molecule has 0 radical (unpaired) electrons. The Morgan fingerprint density at radius 3 is 2.58 bits per heavy atom. The van der Waals surface area contributed by atoms with Crippen LogP contribution in [0.4, 0.5) is 0 Å². The molecule has 5 nitrogen and oxygen atoms in total. The van der Waals surface area contributed by atoms with E-state index in [2.05, 4.69) is 42.5 Å². The van der Waals surface area contributed by atoms with Gasteiger partial charge in [0.15, 0.2) is 0 Å². The molecular formula is C19H18Br2N2O3. The first kappa shape index (κ1) is 18.9. The lowest BCUT2D eigenvalue weighted by Gasteiger charge is -2.27. The predicted octanol–water partition coefficient (Wildman–Crippen LogP) is 3.97. The first-order chi connectivity index (χ1) is 12.5. The smallest absolute Gasteiger partial charge is 0.251 e. The molecule has 1 aliphatic heterocycles. The monoisotopic (exact) mass is 480 g/mol. The number of ether oxygens (including phenoxy) is 1. The van der Waals surface area contributed by atoms with E-state index in [0.717, 1.165) is 26.7 Å². The summed E-state index contributed by atoms with van der Waals surface area (Å²) in [4.78, 5) is 24.3. The fourth-order valence-electron chi connectivity index (χ4n) is 2.77. The Hall–Kier alpha value is -1.86. The van der Waals surface area contributed by atoms with Gasteiger partial charge in [0.2, 0.25) is 5.91 Å². The molecule has 2 N–H and O–H groups in total. The molecule has 136 valence electrons. The van der Waals surface area contributed by atoms with Crippen molar-refractivity contribution in [3.8, 4) is 5.75 Å². The van der Waals surface area contributed by atoms with Crippen LogP contribution in [0.3, 0.4) is 0 Å². The van der Waals surface area contributed by atoms with Crippen LogP contribution in [0.2, 0.25) is 0 Å². The van der Waals surface area contributed by atoms with Gasteiger partial charge >= 0.3 is 0 Å². The highest BCUT2D eigenvalue weighted by Crippen LogP contribution is 2.34. The standard InChI is InChI=1S/C19H18Br2N2O3/c20-13-3-1-12(2-4-13)19(25)22-9-7-18(24)23-16-8-10-26-17-6-5-14(21)11-15(16)17/h1-6,11,16H,7-10H2,(H,22,25)(H,23,24). The summed E-state index contributed by atoms with van der Waals surface area (Å²) in [5.74, 6) is 0.512. The topological polar surface area (TPSA) is 67.4 Å². The second-order valence-electron chi connectivity index (χ2n) is 5.95. The Morgan fingerprint density at radius 2 is 1.81 bits per heavy atom. The number of hydrogen-bond donors (Lipinski definition) is 2. The van der Waals surface area contributed by atoms with E-state index in [4.69, 9.17) is 4.74 Å². The zero-order chi connectivity index (χ0) is 18.5. The van der Waals surface area contributed by atoms with Crippen molar-refractivity contribution in [3.63, 3.8) is 0 Å². The molecule has 2 aromatic carbocycles. The Labute approximate surface area is 168 Å². The molecule has 26 heavy (non-hydrogen) atoms. The lowest BCUT2D eigenvalue weighted by molar-refractivity contribution is -0.121. The van der Waals surface area contributed by atoms with Gasteiger partial charge in [-0.15, -0.1) is 0 Å². The molecule has 0 saturated heterocycles. The van der Waals surface area contributed by atoms with Gasteiger partial charge in [0.25, 0.3) is 5.91 Å². The molecule has 1 aliphatic rings. The third kappa shape index (κ3) is 4.86. The Balaban J connectivity index is 1.50. The number of rotatable bonds is 5. The van der Waals surface area contributed by atoms with Crippen molar-refractivity contribution in [1.82, 2.24) is 10.6 Å². The molecule has 3 rings (SSSR count). The number of nitrogens with one attached hydrogen (secondary N) is 2. The van der Waals surface area contributed by atoms with Gasteiger partial charge in [0.05, 0.1) is 12.6 Å². The van der Waals surface area contributed by atoms with Crippen molar-refractivity contribution >= 4 is 43.7 Å². The van der Waals surface area contributed by atoms with Crippen molar-refractivity contribution in [3.05, 3.63) is 62.5 Å². The number of amides is 2. The molecule has 0 bridgehead atoms. The number of fused-ring (bicyclic) bond motifs is 1. The van der Waals surface area contributed by atoms with Gasteiger partial charge in [-0.3, -0.25) is 9.59 Å². The van der Waals surface area contributed by atoms with Crippen LogP contribution in [0.5, 0.6) is 5.75 Å². The molecule has 0 saturated carbocycles. The van der Waals surface area contributed by atoms with Crippen LogP contribution in [0.1, 0.15) is 34.8 Å². The molecule has 1 unspecified atom stereocenters. The van der Waals surface area contributed by atoms with Crippen LogP contribution in [0.25, 0.3) is 0 Å². The van der Waals surface area contributed by atoms with Crippen LogP contribution >= 0.6 is 31.9 Å². The van der Waals surface area contributed by atoms with Gasteiger partial charge in [0, 0.05) is 39.5 Å². The summed E-state index contributed by atoms with van der Waals surface area (Å²) in [5, 5.41) is 5.79. The lowest BCUT2D eigenvalue weighted by Crippen LogP contribution is -2.35. The average Bonchev–Trinajstić information content (AvgIpc) is 2.62. The quantitative estimate of drug-likeness (QED) is 0.678. The maximum Gasteiger partial charge on any atom is 0.251 e. The molecule has 0 aromatic heterocycles. The van der Waals surface area contributed by atoms with Crippen molar-refractivity contribution in [2.75, 3.05) is 13.2 Å². The highest BCUT2D eigenvalue weighted by Gasteiger charge is 2.23. The minimum atomic E-state index is -0.189. The first-order valence-electron chi connectivity index (χ1n) is 8.28. The van der Waals surface area contributed by atoms with Gasteiger partial charge in [-0.25, -0.2) is 0 Å². The largest absolute Gasteiger partial charge is 0.493 e. The maximum atomic E-state index is 12.2. The lowest BCUT2D eigenvalue weighted by atomic mass is 10.0. The third-order valence-electron chi connectivity index (χ3n) is 4.09. The number of carbonyl (C=O) groups is 2. The van der Waals surface area contributed by atoms with Crippen LogP contribution in [-0.2, 0) is 4.79 Å². The number of benzene rings is 2. The summed E-state index contributed by atoms with van der Waals surface area (Å²) < 4.78 is 7.49. The number of halogens is 2. The average molecular weight is 482 g/mol. The van der Waals surface area contributed by atoms with Crippen LogP contribution < -0.4 is 15.4 Å². The molecular weight excluding hydrogens is 464 g/mol. The Bertz CT molecular complexity index is 809. The van der Waals surface area contributed by atoms with Gasteiger partial charge in [-0.2, -0.15) is 0 Å². The van der Waals surface area contributed by atoms with Gasteiger partial charge < -0.3 is 15.4 Å². The molecule has 7 heteroatoms. The molecule has 2 amide bonds. The summed E-state index contributed by atoms with van der Waals surface area (Å²) in [6, 6.07) is 12.8. The van der Waals surface area contributed by atoms with Crippen LogP contribution in [0, 0.1) is 0 Å². The fourth-order valence-corrected chi connectivity index (χ4v) is 3.42. The van der Waals surface area contributed by atoms with Crippen molar-refractivity contribution < 1.29 is 14.3 Å². The maximum absolute atomic E-state index is 12.2. The van der Waals surface area contributed by atoms with E-state index < -0.39 is 0 Å². The van der Waals surface area contributed by atoms with E-state index in [1.165, 1.54) is 0 Å². The summed E-state index contributed by atoms with van der Waals surface area (Å²) >= 11 is 6.78. The van der Waals surface area contributed by atoms with Crippen molar-refractivity contribution in [2.45, 2.75) is 18.9 Å². The van der Waals surface area contributed by atoms with Crippen LogP contribution in [-0.4, -0.2) is 25.0 Å². The van der Waals surface area contributed by atoms with Gasteiger partial charge in [0.1, 0.15) is 5.75 Å². The van der Waals surface area contributed by atoms with E-state index in [0.29, 0.717) is 12.2 Å². The van der Waals surface area contributed by atoms with Crippen molar-refractivity contribution in [1.29, 1.82) is 0 Å². The van der Waals surface area contributed by atoms with Crippen molar-refractivity contribution in [2.24, 2.45) is 0 Å². The molecule has 1 atom stereocenters. The molecule has 0 fully saturated rings.